The molecular weight excluding hydrogens is 346 g/mol. The van der Waals surface area contributed by atoms with Crippen LogP contribution in [0.4, 0.5) is 10.1 Å². The molecule has 0 aliphatic carbocycles. The standard InChI is InChI=1S/C12H19FN4.HI/c1-17(2)12(14)16-8-4-7-15-11-6-3-5-10(13)9-11;/h3,5-6,9,15H,4,7-8H2,1-2H3,(H2,14,16);1H. The number of hydrogen-bond donors (Lipinski definition) is 2. The zero-order valence-corrected chi connectivity index (χ0v) is 13.0. The van der Waals surface area contributed by atoms with Crippen molar-refractivity contribution in [3.63, 3.8) is 0 Å². The summed E-state index contributed by atoms with van der Waals surface area (Å²) >= 11 is 0. The fraction of sp³-hybridized carbons (Fsp3) is 0.417. The van der Waals surface area contributed by atoms with E-state index in [4.69, 9.17) is 5.73 Å². The molecule has 0 spiro atoms. The highest BCUT2D eigenvalue weighted by atomic mass is 127. The van der Waals surface area contributed by atoms with Crippen molar-refractivity contribution < 1.29 is 4.39 Å². The number of nitrogens with zero attached hydrogens (tertiary/aromatic N) is 2. The highest BCUT2D eigenvalue weighted by molar-refractivity contribution is 14.0. The number of hydrogen-bond acceptors (Lipinski definition) is 2. The summed E-state index contributed by atoms with van der Waals surface area (Å²) in [6.45, 7) is 1.40. The van der Waals surface area contributed by atoms with Crippen LogP contribution in [-0.4, -0.2) is 38.0 Å². The topological polar surface area (TPSA) is 53.6 Å². The summed E-state index contributed by atoms with van der Waals surface area (Å²) < 4.78 is 12.9. The second-order valence-corrected chi connectivity index (χ2v) is 3.93. The van der Waals surface area contributed by atoms with Gasteiger partial charge in [-0.2, -0.15) is 0 Å². The minimum atomic E-state index is -0.232. The number of nitrogens with two attached hydrogens (primary N) is 1. The van der Waals surface area contributed by atoms with Crippen LogP contribution < -0.4 is 11.1 Å². The van der Waals surface area contributed by atoms with E-state index >= 15 is 0 Å². The maximum atomic E-state index is 12.9. The lowest BCUT2D eigenvalue weighted by molar-refractivity contribution is 0.608. The lowest BCUT2D eigenvalue weighted by atomic mass is 10.3. The van der Waals surface area contributed by atoms with E-state index in [0.717, 1.165) is 18.7 Å². The van der Waals surface area contributed by atoms with Crippen LogP contribution in [0.2, 0.25) is 0 Å². The zero-order valence-electron chi connectivity index (χ0n) is 10.7. The smallest absolute Gasteiger partial charge is 0.190 e. The molecule has 0 saturated heterocycles. The molecule has 0 unspecified atom stereocenters. The van der Waals surface area contributed by atoms with Crippen LogP contribution in [0.5, 0.6) is 0 Å². The Bertz CT molecular complexity index is 382. The molecule has 0 bridgehead atoms. The molecule has 3 N–H and O–H groups in total. The predicted octanol–water partition coefficient (Wildman–Crippen LogP) is 2.12. The second-order valence-electron chi connectivity index (χ2n) is 3.93. The van der Waals surface area contributed by atoms with Crippen molar-refractivity contribution in [1.29, 1.82) is 0 Å². The molecule has 0 aromatic heterocycles. The summed E-state index contributed by atoms with van der Waals surface area (Å²) in [5.41, 5.74) is 6.42. The van der Waals surface area contributed by atoms with Crippen LogP contribution in [0.3, 0.4) is 0 Å². The third kappa shape index (κ3) is 6.63. The van der Waals surface area contributed by atoms with E-state index in [1.807, 2.05) is 20.2 Å². The summed E-state index contributed by atoms with van der Waals surface area (Å²) in [5, 5.41) is 3.12. The molecule has 1 aromatic rings. The van der Waals surface area contributed by atoms with Gasteiger partial charge in [-0.15, -0.1) is 24.0 Å². The van der Waals surface area contributed by atoms with Crippen molar-refractivity contribution in [2.24, 2.45) is 10.7 Å². The maximum Gasteiger partial charge on any atom is 0.190 e. The number of guanidine groups is 1. The highest BCUT2D eigenvalue weighted by Crippen LogP contribution is 2.08. The van der Waals surface area contributed by atoms with Gasteiger partial charge in [-0.3, -0.25) is 4.99 Å². The summed E-state index contributed by atoms with van der Waals surface area (Å²) in [6.07, 6.45) is 0.852. The van der Waals surface area contributed by atoms with Crippen molar-refractivity contribution in [3.05, 3.63) is 30.1 Å². The van der Waals surface area contributed by atoms with Gasteiger partial charge in [0.2, 0.25) is 0 Å². The number of anilines is 1. The third-order valence-electron chi connectivity index (χ3n) is 2.22. The van der Waals surface area contributed by atoms with Gasteiger partial charge < -0.3 is 16.0 Å². The van der Waals surface area contributed by atoms with Crippen molar-refractivity contribution in [1.82, 2.24) is 4.90 Å². The zero-order chi connectivity index (χ0) is 12.7. The SMILES string of the molecule is CN(C)C(N)=NCCCNc1cccc(F)c1.I. The van der Waals surface area contributed by atoms with E-state index in [9.17, 15) is 4.39 Å². The summed E-state index contributed by atoms with van der Waals surface area (Å²) in [4.78, 5) is 5.94. The number of rotatable bonds is 5. The van der Waals surface area contributed by atoms with Gasteiger partial charge in [0.1, 0.15) is 5.82 Å². The molecule has 0 fully saturated rings. The molecule has 0 radical (unpaired) electrons. The Balaban J connectivity index is 0.00000289. The average Bonchev–Trinajstić information content (AvgIpc) is 2.28. The Morgan fingerprint density at radius 1 is 1.44 bits per heavy atom. The van der Waals surface area contributed by atoms with E-state index in [1.165, 1.54) is 12.1 Å². The van der Waals surface area contributed by atoms with E-state index in [0.29, 0.717) is 12.5 Å². The van der Waals surface area contributed by atoms with Crippen LogP contribution in [-0.2, 0) is 0 Å². The lowest BCUT2D eigenvalue weighted by Gasteiger charge is -2.10. The molecule has 0 atom stereocenters. The largest absolute Gasteiger partial charge is 0.385 e. The lowest BCUT2D eigenvalue weighted by Crippen LogP contribution is -2.30. The average molecular weight is 366 g/mol. The predicted molar refractivity (Wildman–Crippen MR) is 85.1 cm³/mol. The summed E-state index contributed by atoms with van der Waals surface area (Å²) in [7, 11) is 3.70. The first-order valence-corrected chi connectivity index (χ1v) is 5.56. The van der Waals surface area contributed by atoms with Gasteiger partial charge in [0.05, 0.1) is 0 Å². The van der Waals surface area contributed by atoms with Gasteiger partial charge >= 0.3 is 0 Å². The summed E-state index contributed by atoms with van der Waals surface area (Å²) in [6, 6.07) is 6.41. The van der Waals surface area contributed by atoms with Crippen molar-refractivity contribution >= 4 is 35.6 Å². The minimum Gasteiger partial charge on any atom is -0.385 e. The normalized spacial score (nSPS) is 10.7. The molecule has 18 heavy (non-hydrogen) atoms. The molecule has 4 nitrogen and oxygen atoms in total. The Morgan fingerprint density at radius 3 is 2.78 bits per heavy atom. The number of halogens is 2. The van der Waals surface area contributed by atoms with Gasteiger partial charge in [0, 0.05) is 32.9 Å². The number of aliphatic imine (C=N–C) groups is 1. The van der Waals surface area contributed by atoms with Crippen molar-refractivity contribution in [2.75, 3.05) is 32.5 Å². The molecule has 0 amide bonds. The Hall–Kier alpha value is -1.05. The minimum absolute atomic E-state index is 0. The molecule has 102 valence electrons. The van der Waals surface area contributed by atoms with E-state index < -0.39 is 0 Å². The maximum absolute atomic E-state index is 12.9. The first kappa shape index (κ1) is 16.9. The Morgan fingerprint density at radius 2 is 2.17 bits per heavy atom. The van der Waals surface area contributed by atoms with Crippen LogP contribution in [0.25, 0.3) is 0 Å². The molecule has 0 saturated carbocycles. The highest BCUT2D eigenvalue weighted by Gasteiger charge is 1.95. The fourth-order valence-electron chi connectivity index (χ4n) is 1.25. The van der Waals surface area contributed by atoms with Gasteiger partial charge in [-0.1, -0.05) is 6.07 Å². The van der Waals surface area contributed by atoms with E-state index in [-0.39, 0.29) is 29.8 Å². The fourth-order valence-corrected chi connectivity index (χ4v) is 1.25. The Kier molecular flexibility index (Phi) is 8.43. The molecule has 0 aliphatic rings. The van der Waals surface area contributed by atoms with Crippen molar-refractivity contribution in [2.45, 2.75) is 6.42 Å². The Labute approximate surface area is 124 Å². The second kappa shape index (κ2) is 8.96. The van der Waals surface area contributed by atoms with Crippen LogP contribution in [0, 0.1) is 5.82 Å². The quantitative estimate of drug-likeness (QED) is 0.363. The molecular formula is C12H20FIN4. The van der Waals surface area contributed by atoms with Gasteiger partial charge in [0.15, 0.2) is 5.96 Å². The van der Waals surface area contributed by atoms with Gasteiger partial charge in [-0.25, -0.2) is 4.39 Å². The van der Waals surface area contributed by atoms with Gasteiger partial charge in [0.25, 0.3) is 0 Å². The molecule has 0 heterocycles. The van der Waals surface area contributed by atoms with Gasteiger partial charge in [-0.05, 0) is 24.6 Å². The number of nitrogens with one attached hydrogen (secondary N) is 1. The molecule has 1 rings (SSSR count). The van der Waals surface area contributed by atoms with E-state index in [1.54, 1.807) is 11.0 Å². The molecule has 1 aromatic carbocycles. The first-order valence-electron chi connectivity index (χ1n) is 5.56. The van der Waals surface area contributed by atoms with Crippen LogP contribution >= 0.6 is 24.0 Å². The van der Waals surface area contributed by atoms with Crippen LogP contribution in [0.15, 0.2) is 29.3 Å². The van der Waals surface area contributed by atoms with E-state index in [2.05, 4.69) is 10.3 Å². The first-order chi connectivity index (χ1) is 8.09. The monoisotopic (exact) mass is 366 g/mol. The summed E-state index contributed by atoms with van der Waals surface area (Å²) in [5.74, 6) is 0.292. The van der Waals surface area contributed by atoms with Crippen molar-refractivity contribution in [3.8, 4) is 0 Å². The molecule has 0 aliphatic heterocycles. The number of benzene rings is 1. The third-order valence-corrected chi connectivity index (χ3v) is 2.22. The van der Waals surface area contributed by atoms with Crippen LogP contribution in [0.1, 0.15) is 6.42 Å². The molecule has 6 heteroatoms.